The van der Waals surface area contributed by atoms with Crippen LogP contribution in [0.2, 0.25) is 0 Å². The van der Waals surface area contributed by atoms with Gasteiger partial charge in [0.15, 0.2) is 12.4 Å². The molecular formula is C21H20N2O4S. The number of nitrogens with zero attached hydrogens (tertiary/aromatic N) is 1. The van der Waals surface area contributed by atoms with Crippen molar-refractivity contribution in [3.8, 4) is 6.07 Å². The standard InChI is InChI=1S/C21H20N2O4S/c1-28-18-8-4-16(5-9-18)19(24)10-11-21(26)27-14-20(25)23-17-6-2-15(3-7-17)12-13-22/h2-9H,10-12,14H2,1H3,(H,23,25). The fraction of sp³-hybridized carbons (Fsp3) is 0.238. The first kappa shape index (κ1) is 21.2. The van der Waals surface area contributed by atoms with Gasteiger partial charge in [0, 0.05) is 22.6 Å². The van der Waals surface area contributed by atoms with Crippen LogP contribution in [0.1, 0.15) is 28.8 Å². The third-order valence-corrected chi connectivity index (χ3v) is 4.60. The molecule has 0 radical (unpaired) electrons. The van der Waals surface area contributed by atoms with Gasteiger partial charge < -0.3 is 10.1 Å². The zero-order valence-electron chi connectivity index (χ0n) is 15.4. The molecule has 0 bridgehead atoms. The van der Waals surface area contributed by atoms with Crippen LogP contribution in [0.25, 0.3) is 0 Å². The molecule has 2 aromatic carbocycles. The van der Waals surface area contributed by atoms with E-state index in [1.54, 1.807) is 48.2 Å². The van der Waals surface area contributed by atoms with E-state index in [-0.39, 0.29) is 18.6 Å². The van der Waals surface area contributed by atoms with Crippen molar-refractivity contribution in [3.63, 3.8) is 0 Å². The molecule has 0 aliphatic rings. The average Bonchev–Trinajstić information content (AvgIpc) is 2.72. The SMILES string of the molecule is CSc1ccc(C(=O)CCC(=O)OCC(=O)Nc2ccc(CC#N)cc2)cc1. The highest BCUT2D eigenvalue weighted by molar-refractivity contribution is 7.98. The third kappa shape index (κ3) is 6.89. The highest BCUT2D eigenvalue weighted by Gasteiger charge is 2.12. The van der Waals surface area contributed by atoms with Crippen molar-refractivity contribution < 1.29 is 19.1 Å². The van der Waals surface area contributed by atoms with Gasteiger partial charge in [-0.15, -0.1) is 11.8 Å². The number of rotatable bonds is 9. The number of hydrogen-bond acceptors (Lipinski definition) is 6. The van der Waals surface area contributed by atoms with Gasteiger partial charge in [-0.25, -0.2) is 0 Å². The summed E-state index contributed by atoms with van der Waals surface area (Å²) < 4.78 is 4.91. The maximum atomic E-state index is 12.1. The van der Waals surface area contributed by atoms with E-state index in [0.29, 0.717) is 17.7 Å². The highest BCUT2D eigenvalue weighted by atomic mass is 32.2. The maximum absolute atomic E-state index is 12.1. The molecule has 0 atom stereocenters. The first-order chi connectivity index (χ1) is 13.5. The van der Waals surface area contributed by atoms with Gasteiger partial charge in [0.05, 0.1) is 18.9 Å². The van der Waals surface area contributed by atoms with Gasteiger partial charge in [-0.05, 0) is 36.1 Å². The topological polar surface area (TPSA) is 96.3 Å². The third-order valence-electron chi connectivity index (χ3n) is 3.85. The zero-order chi connectivity index (χ0) is 20.4. The van der Waals surface area contributed by atoms with Gasteiger partial charge in [0.25, 0.3) is 5.91 Å². The van der Waals surface area contributed by atoms with Crippen molar-refractivity contribution in [2.75, 3.05) is 18.2 Å². The van der Waals surface area contributed by atoms with Crippen molar-refractivity contribution in [2.24, 2.45) is 0 Å². The maximum Gasteiger partial charge on any atom is 0.306 e. The number of ketones is 1. The lowest BCUT2D eigenvalue weighted by Gasteiger charge is -2.07. The fourth-order valence-electron chi connectivity index (χ4n) is 2.35. The average molecular weight is 396 g/mol. The summed E-state index contributed by atoms with van der Waals surface area (Å²) in [5.41, 5.74) is 1.94. The first-order valence-corrected chi connectivity index (χ1v) is 9.83. The molecule has 144 valence electrons. The van der Waals surface area contributed by atoms with Crippen LogP contribution in [0, 0.1) is 11.3 Å². The Balaban J connectivity index is 1.71. The van der Waals surface area contributed by atoms with E-state index in [1.807, 2.05) is 24.5 Å². The van der Waals surface area contributed by atoms with E-state index in [9.17, 15) is 14.4 Å². The van der Waals surface area contributed by atoms with Crippen LogP contribution < -0.4 is 5.32 Å². The Hall–Kier alpha value is -3.11. The number of carbonyl (C=O) groups is 3. The van der Waals surface area contributed by atoms with Crippen LogP contribution in [0.5, 0.6) is 0 Å². The summed E-state index contributed by atoms with van der Waals surface area (Å²) >= 11 is 1.58. The normalized spacial score (nSPS) is 10.0. The largest absolute Gasteiger partial charge is 0.456 e. The van der Waals surface area contributed by atoms with E-state index in [4.69, 9.17) is 10.00 Å². The number of benzene rings is 2. The molecule has 1 N–H and O–H groups in total. The molecule has 0 spiro atoms. The summed E-state index contributed by atoms with van der Waals surface area (Å²) in [4.78, 5) is 36.7. The number of hydrogen-bond donors (Lipinski definition) is 1. The van der Waals surface area contributed by atoms with Crippen LogP contribution in [0.15, 0.2) is 53.4 Å². The van der Waals surface area contributed by atoms with Crippen LogP contribution in [-0.2, 0) is 20.7 Å². The number of anilines is 1. The molecule has 28 heavy (non-hydrogen) atoms. The Bertz CT molecular complexity index is 871. The zero-order valence-corrected chi connectivity index (χ0v) is 16.3. The molecule has 2 rings (SSSR count). The number of ether oxygens (including phenoxy) is 1. The predicted molar refractivity (Wildman–Crippen MR) is 107 cm³/mol. The lowest BCUT2D eigenvalue weighted by Crippen LogP contribution is -2.21. The molecule has 1 amide bonds. The smallest absolute Gasteiger partial charge is 0.306 e. The molecule has 0 aliphatic heterocycles. The summed E-state index contributed by atoms with van der Waals surface area (Å²) in [7, 11) is 0. The Kier molecular flexibility index (Phi) is 8.25. The number of Topliss-reactive ketones (excluding diaryl/α,β-unsaturated/α-hetero) is 1. The summed E-state index contributed by atoms with van der Waals surface area (Å²) in [6, 6.07) is 16.0. The Morgan fingerprint density at radius 2 is 1.71 bits per heavy atom. The van der Waals surface area contributed by atoms with Crippen LogP contribution in [0.4, 0.5) is 5.69 Å². The van der Waals surface area contributed by atoms with Crippen molar-refractivity contribution >= 4 is 35.1 Å². The van der Waals surface area contributed by atoms with Gasteiger partial charge in [0.1, 0.15) is 0 Å². The monoisotopic (exact) mass is 396 g/mol. The molecule has 0 saturated heterocycles. The Morgan fingerprint density at radius 1 is 1.04 bits per heavy atom. The minimum atomic E-state index is -0.603. The first-order valence-electron chi connectivity index (χ1n) is 8.60. The second kappa shape index (κ2) is 10.9. The van der Waals surface area contributed by atoms with Crippen molar-refractivity contribution in [1.82, 2.24) is 0 Å². The van der Waals surface area contributed by atoms with E-state index < -0.39 is 18.5 Å². The number of esters is 1. The number of carbonyl (C=O) groups excluding carboxylic acids is 3. The van der Waals surface area contributed by atoms with Gasteiger partial charge in [-0.3, -0.25) is 14.4 Å². The van der Waals surface area contributed by atoms with Crippen LogP contribution in [-0.4, -0.2) is 30.5 Å². The van der Waals surface area contributed by atoms with E-state index >= 15 is 0 Å². The Labute approximate surface area is 167 Å². The molecule has 6 nitrogen and oxygen atoms in total. The number of nitrogens with one attached hydrogen (secondary N) is 1. The molecule has 0 aromatic heterocycles. The van der Waals surface area contributed by atoms with E-state index in [1.165, 1.54) is 0 Å². The van der Waals surface area contributed by atoms with Gasteiger partial charge in [-0.1, -0.05) is 24.3 Å². The molecule has 0 aliphatic carbocycles. The van der Waals surface area contributed by atoms with E-state index in [0.717, 1.165) is 10.5 Å². The summed E-state index contributed by atoms with van der Waals surface area (Å²) in [6.45, 7) is -0.421. The highest BCUT2D eigenvalue weighted by Crippen LogP contribution is 2.16. The number of nitriles is 1. The minimum absolute atomic E-state index is 0.0272. The summed E-state index contributed by atoms with van der Waals surface area (Å²) in [5.74, 6) is -1.22. The van der Waals surface area contributed by atoms with Crippen molar-refractivity contribution in [3.05, 3.63) is 59.7 Å². The molecule has 0 fully saturated rings. The van der Waals surface area contributed by atoms with Crippen molar-refractivity contribution in [2.45, 2.75) is 24.2 Å². The fourth-order valence-corrected chi connectivity index (χ4v) is 2.76. The van der Waals surface area contributed by atoms with Crippen molar-refractivity contribution in [1.29, 1.82) is 5.26 Å². The quantitative estimate of drug-likeness (QED) is 0.395. The molecule has 0 heterocycles. The molecule has 2 aromatic rings. The summed E-state index contributed by atoms with van der Waals surface area (Å²) in [5, 5.41) is 11.2. The molecular weight excluding hydrogens is 376 g/mol. The Morgan fingerprint density at radius 3 is 2.32 bits per heavy atom. The van der Waals surface area contributed by atoms with Gasteiger partial charge >= 0.3 is 5.97 Å². The second-order valence-corrected chi connectivity index (χ2v) is 6.77. The molecule has 0 unspecified atom stereocenters. The lowest BCUT2D eigenvalue weighted by molar-refractivity contribution is -0.147. The molecule has 0 saturated carbocycles. The van der Waals surface area contributed by atoms with Crippen LogP contribution in [0.3, 0.4) is 0 Å². The summed E-state index contributed by atoms with van der Waals surface area (Å²) in [6.07, 6.45) is 2.19. The number of thioether (sulfide) groups is 1. The van der Waals surface area contributed by atoms with Gasteiger partial charge in [-0.2, -0.15) is 5.26 Å². The van der Waals surface area contributed by atoms with Crippen LogP contribution >= 0.6 is 11.8 Å². The van der Waals surface area contributed by atoms with E-state index in [2.05, 4.69) is 5.32 Å². The second-order valence-electron chi connectivity index (χ2n) is 5.89. The minimum Gasteiger partial charge on any atom is -0.456 e. The number of amides is 1. The predicted octanol–water partition coefficient (Wildman–Crippen LogP) is 3.62. The molecule has 7 heteroatoms. The van der Waals surface area contributed by atoms with Gasteiger partial charge in [0.2, 0.25) is 0 Å². The lowest BCUT2D eigenvalue weighted by atomic mass is 10.1.